The highest BCUT2D eigenvalue weighted by Crippen LogP contribution is 2.29. The second-order valence-electron chi connectivity index (χ2n) is 4.53. The number of rotatable bonds is 2. The third kappa shape index (κ3) is 2.71. The summed E-state index contributed by atoms with van der Waals surface area (Å²) < 4.78 is 10.2. The Balaban J connectivity index is 2.92. The van der Waals surface area contributed by atoms with Gasteiger partial charge in [-0.15, -0.1) is 0 Å². The Morgan fingerprint density at radius 2 is 2.00 bits per heavy atom. The van der Waals surface area contributed by atoms with Crippen LogP contribution in [0.2, 0.25) is 0 Å². The van der Waals surface area contributed by atoms with Crippen LogP contribution in [0.5, 0.6) is 0 Å². The molecular formula is C10H20O6. The standard InChI is InChI=1S/C10H20O6/c1-5(11)8-7(13)6(12)4-10(2,14)9(15-3)16-8/h5-9,11-14H,4H2,1-3H3. The van der Waals surface area contributed by atoms with E-state index in [1.807, 2.05) is 0 Å². The van der Waals surface area contributed by atoms with Crippen molar-refractivity contribution in [3.05, 3.63) is 0 Å². The number of aliphatic hydroxyl groups excluding tert-OH is 3. The van der Waals surface area contributed by atoms with E-state index in [1.54, 1.807) is 0 Å². The Kier molecular flexibility index (Phi) is 4.28. The first-order chi connectivity index (χ1) is 7.29. The SMILES string of the molecule is COC1OC(C(C)O)C(O)C(O)CC1(C)O. The van der Waals surface area contributed by atoms with Gasteiger partial charge in [-0.25, -0.2) is 0 Å². The second kappa shape index (κ2) is 4.95. The Labute approximate surface area is 94.4 Å². The smallest absolute Gasteiger partial charge is 0.186 e. The van der Waals surface area contributed by atoms with Crippen LogP contribution in [-0.4, -0.2) is 63.8 Å². The molecule has 0 aromatic rings. The van der Waals surface area contributed by atoms with Crippen LogP contribution in [0, 0.1) is 0 Å². The molecule has 0 bridgehead atoms. The Morgan fingerprint density at radius 3 is 2.44 bits per heavy atom. The van der Waals surface area contributed by atoms with Gasteiger partial charge in [0.2, 0.25) is 0 Å². The van der Waals surface area contributed by atoms with E-state index in [4.69, 9.17) is 9.47 Å². The summed E-state index contributed by atoms with van der Waals surface area (Å²) in [5, 5.41) is 38.8. The van der Waals surface area contributed by atoms with E-state index >= 15 is 0 Å². The Bertz CT molecular complexity index is 229. The predicted molar refractivity (Wildman–Crippen MR) is 54.6 cm³/mol. The quantitative estimate of drug-likeness (QED) is 0.471. The summed E-state index contributed by atoms with van der Waals surface area (Å²) in [6.45, 7) is 2.88. The molecule has 1 fully saturated rings. The van der Waals surface area contributed by atoms with Crippen LogP contribution in [0.1, 0.15) is 20.3 Å². The van der Waals surface area contributed by atoms with Crippen LogP contribution in [0.3, 0.4) is 0 Å². The molecule has 0 radical (unpaired) electrons. The molecule has 1 rings (SSSR count). The fraction of sp³-hybridized carbons (Fsp3) is 1.00. The van der Waals surface area contributed by atoms with Gasteiger partial charge in [-0.05, 0) is 13.8 Å². The van der Waals surface area contributed by atoms with Crippen LogP contribution < -0.4 is 0 Å². The molecule has 6 nitrogen and oxygen atoms in total. The number of ether oxygens (including phenoxy) is 2. The highest BCUT2D eigenvalue weighted by atomic mass is 16.7. The minimum Gasteiger partial charge on any atom is -0.391 e. The molecule has 1 saturated heterocycles. The topological polar surface area (TPSA) is 99.4 Å². The normalized spacial score (nSPS) is 47.4. The van der Waals surface area contributed by atoms with Crippen molar-refractivity contribution in [3.63, 3.8) is 0 Å². The van der Waals surface area contributed by atoms with Gasteiger partial charge in [0, 0.05) is 13.5 Å². The molecule has 6 heteroatoms. The van der Waals surface area contributed by atoms with Gasteiger partial charge in [0.25, 0.3) is 0 Å². The first-order valence-corrected chi connectivity index (χ1v) is 5.24. The van der Waals surface area contributed by atoms with Crippen LogP contribution in [0.25, 0.3) is 0 Å². The summed E-state index contributed by atoms with van der Waals surface area (Å²) in [4.78, 5) is 0. The monoisotopic (exact) mass is 236 g/mol. The molecule has 0 aromatic heterocycles. The summed E-state index contributed by atoms with van der Waals surface area (Å²) in [5.74, 6) is 0. The molecule has 4 N–H and O–H groups in total. The third-order valence-electron chi connectivity index (χ3n) is 2.83. The van der Waals surface area contributed by atoms with E-state index in [9.17, 15) is 20.4 Å². The molecule has 16 heavy (non-hydrogen) atoms. The van der Waals surface area contributed by atoms with Crippen molar-refractivity contribution in [2.24, 2.45) is 0 Å². The predicted octanol–water partition coefficient (Wildman–Crippen LogP) is -1.40. The zero-order valence-electron chi connectivity index (χ0n) is 9.70. The molecule has 0 spiro atoms. The lowest BCUT2D eigenvalue weighted by molar-refractivity contribution is -0.251. The molecular weight excluding hydrogens is 216 g/mol. The lowest BCUT2D eigenvalue weighted by Crippen LogP contribution is -2.45. The second-order valence-corrected chi connectivity index (χ2v) is 4.53. The molecule has 1 aliphatic rings. The van der Waals surface area contributed by atoms with Crippen molar-refractivity contribution in [1.82, 2.24) is 0 Å². The van der Waals surface area contributed by atoms with E-state index in [1.165, 1.54) is 21.0 Å². The fourth-order valence-corrected chi connectivity index (χ4v) is 1.94. The molecule has 0 saturated carbocycles. The third-order valence-corrected chi connectivity index (χ3v) is 2.83. The average Bonchev–Trinajstić information content (AvgIpc) is 2.23. The largest absolute Gasteiger partial charge is 0.391 e. The van der Waals surface area contributed by atoms with Gasteiger partial charge in [-0.3, -0.25) is 0 Å². The van der Waals surface area contributed by atoms with Gasteiger partial charge in [0.05, 0.1) is 12.2 Å². The van der Waals surface area contributed by atoms with E-state index in [2.05, 4.69) is 0 Å². The average molecular weight is 236 g/mol. The maximum absolute atomic E-state index is 10.00. The van der Waals surface area contributed by atoms with Crippen molar-refractivity contribution >= 4 is 0 Å². The maximum Gasteiger partial charge on any atom is 0.186 e. The van der Waals surface area contributed by atoms with Crippen molar-refractivity contribution < 1.29 is 29.9 Å². The van der Waals surface area contributed by atoms with Crippen molar-refractivity contribution in [1.29, 1.82) is 0 Å². The molecule has 1 heterocycles. The number of hydrogen-bond donors (Lipinski definition) is 4. The molecule has 0 amide bonds. The molecule has 1 aliphatic heterocycles. The van der Waals surface area contributed by atoms with Crippen LogP contribution in [-0.2, 0) is 9.47 Å². The van der Waals surface area contributed by atoms with E-state index in [0.29, 0.717) is 0 Å². The lowest BCUT2D eigenvalue weighted by Gasteiger charge is -2.31. The zero-order valence-corrected chi connectivity index (χ0v) is 9.70. The van der Waals surface area contributed by atoms with Gasteiger partial charge in [-0.2, -0.15) is 0 Å². The molecule has 6 unspecified atom stereocenters. The highest BCUT2D eigenvalue weighted by Gasteiger charge is 2.46. The fourth-order valence-electron chi connectivity index (χ4n) is 1.94. The number of methoxy groups -OCH3 is 1. The first-order valence-electron chi connectivity index (χ1n) is 5.24. The maximum atomic E-state index is 10.00. The lowest BCUT2D eigenvalue weighted by atomic mass is 9.94. The van der Waals surface area contributed by atoms with Crippen LogP contribution >= 0.6 is 0 Å². The summed E-state index contributed by atoms with van der Waals surface area (Å²) in [7, 11) is 1.35. The zero-order chi connectivity index (χ0) is 12.5. The molecule has 0 aromatic carbocycles. The van der Waals surface area contributed by atoms with E-state index in [-0.39, 0.29) is 6.42 Å². The van der Waals surface area contributed by atoms with Gasteiger partial charge >= 0.3 is 0 Å². The number of hydrogen-bond acceptors (Lipinski definition) is 6. The van der Waals surface area contributed by atoms with Gasteiger partial charge in [0.1, 0.15) is 17.8 Å². The Morgan fingerprint density at radius 1 is 1.44 bits per heavy atom. The van der Waals surface area contributed by atoms with Gasteiger partial charge < -0.3 is 29.9 Å². The van der Waals surface area contributed by atoms with Crippen LogP contribution in [0.4, 0.5) is 0 Å². The summed E-state index contributed by atoms with van der Waals surface area (Å²) in [6.07, 6.45) is -5.49. The van der Waals surface area contributed by atoms with E-state index < -0.39 is 36.3 Å². The van der Waals surface area contributed by atoms with E-state index in [0.717, 1.165) is 0 Å². The van der Waals surface area contributed by atoms with Crippen molar-refractivity contribution in [2.75, 3.05) is 7.11 Å². The minimum atomic E-state index is -1.42. The summed E-state index contributed by atoms with van der Waals surface area (Å²) >= 11 is 0. The Hall–Kier alpha value is -0.240. The van der Waals surface area contributed by atoms with Crippen molar-refractivity contribution in [3.8, 4) is 0 Å². The first kappa shape index (κ1) is 13.8. The van der Waals surface area contributed by atoms with Crippen LogP contribution in [0.15, 0.2) is 0 Å². The molecule has 96 valence electrons. The minimum absolute atomic E-state index is 0.0874. The van der Waals surface area contributed by atoms with Gasteiger partial charge in [-0.1, -0.05) is 0 Å². The van der Waals surface area contributed by atoms with Gasteiger partial charge in [0.15, 0.2) is 6.29 Å². The summed E-state index contributed by atoms with van der Waals surface area (Å²) in [5.41, 5.74) is -1.42. The summed E-state index contributed by atoms with van der Waals surface area (Å²) in [6, 6.07) is 0. The molecule has 0 aliphatic carbocycles. The number of aliphatic hydroxyl groups is 4. The van der Waals surface area contributed by atoms with Crippen molar-refractivity contribution in [2.45, 2.75) is 56.6 Å². The molecule has 6 atom stereocenters. The highest BCUT2D eigenvalue weighted by molar-refractivity contribution is 4.92.